The van der Waals surface area contributed by atoms with Gasteiger partial charge in [0.25, 0.3) is 10.0 Å². The molecule has 0 bridgehead atoms. The SMILES string of the molecule is O=C1CCN(S(=O)(=O)c2ccccc2)C=C1Br. The molecule has 4 nitrogen and oxygen atoms in total. The number of benzene rings is 1. The number of nitrogens with zero attached hydrogens (tertiary/aromatic N) is 1. The van der Waals surface area contributed by atoms with Crippen LogP contribution in [0.1, 0.15) is 6.42 Å². The lowest BCUT2D eigenvalue weighted by molar-refractivity contribution is -0.115. The van der Waals surface area contributed by atoms with E-state index in [-0.39, 0.29) is 23.6 Å². The van der Waals surface area contributed by atoms with Crippen LogP contribution in [0.3, 0.4) is 0 Å². The molecule has 0 aromatic heterocycles. The van der Waals surface area contributed by atoms with Gasteiger partial charge in [-0.25, -0.2) is 8.42 Å². The van der Waals surface area contributed by atoms with Crippen molar-refractivity contribution in [2.24, 2.45) is 0 Å². The van der Waals surface area contributed by atoms with Crippen molar-refractivity contribution in [3.8, 4) is 0 Å². The number of halogens is 1. The monoisotopic (exact) mass is 315 g/mol. The summed E-state index contributed by atoms with van der Waals surface area (Å²) in [7, 11) is -3.54. The summed E-state index contributed by atoms with van der Waals surface area (Å²) in [5.41, 5.74) is 0. The Labute approximate surface area is 108 Å². The Bertz CT molecular complexity index is 566. The van der Waals surface area contributed by atoms with Crippen molar-refractivity contribution in [2.75, 3.05) is 6.54 Å². The minimum atomic E-state index is -3.54. The molecule has 0 unspecified atom stereocenters. The van der Waals surface area contributed by atoms with Gasteiger partial charge in [-0.15, -0.1) is 0 Å². The largest absolute Gasteiger partial charge is 0.293 e. The van der Waals surface area contributed by atoms with Crippen LogP contribution in [0.2, 0.25) is 0 Å². The maximum Gasteiger partial charge on any atom is 0.263 e. The number of carbonyl (C=O) groups excluding carboxylic acids is 1. The lowest BCUT2D eigenvalue weighted by Crippen LogP contribution is -2.32. The Morgan fingerprint density at radius 3 is 2.41 bits per heavy atom. The molecule has 0 atom stereocenters. The maximum absolute atomic E-state index is 12.2. The molecule has 1 heterocycles. The molecule has 0 saturated heterocycles. The average Bonchev–Trinajstić information content (AvgIpc) is 2.33. The van der Waals surface area contributed by atoms with Gasteiger partial charge in [-0.2, -0.15) is 0 Å². The number of carbonyl (C=O) groups is 1. The molecule has 2 rings (SSSR count). The van der Waals surface area contributed by atoms with Crippen LogP contribution in [0.5, 0.6) is 0 Å². The lowest BCUT2D eigenvalue weighted by atomic mass is 10.2. The van der Waals surface area contributed by atoms with Gasteiger partial charge in [0.1, 0.15) is 0 Å². The van der Waals surface area contributed by atoms with Gasteiger partial charge in [-0.1, -0.05) is 18.2 Å². The third-order valence-corrected chi connectivity index (χ3v) is 4.85. The van der Waals surface area contributed by atoms with E-state index in [2.05, 4.69) is 15.9 Å². The van der Waals surface area contributed by atoms with Gasteiger partial charge in [0, 0.05) is 19.2 Å². The smallest absolute Gasteiger partial charge is 0.263 e. The van der Waals surface area contributed by atoms with Gasteiger partial charge in [0.05, 0.1) is 9.38 Å². The third kappa shape index (κ3) is 2.42. The van der Waals surface area contributed by atoms with E-state index >= 15 is 0 Å². The fourth-order valence-electron chi connectivity index (χ4n) is 1.51. The lowest BCUT2D eigenvalue weighted by Gasteiger charge is -2.23. The molecule has 0 N–H and O–H groups in total. The minimum Gasteiger partial charge on any atom is -0.293 e. The molecule has 6 heteroatoms. The zero-order valence-corrected chi connectivity index (χ0v) is 11.2. The zero-order valence-electron chi connectivity index (χ0n) is 8.84. The second-order valence-corrected chi connectivity index (χ2v) is 6.32. The number of Topliss-reactive ketones (excluding diaryl/α,β-unsaturated/α-hetero) is 1. The van der Waals surface area contributed by atoms with Crippen LogP contribution in [0.4, 0.5) is 0 Å². The average molecular weight is 316 g/mol. The summed E-state index contributed by atoms with van der Waals surface area (Å²) < 4.78 is 25.9. The number of hydrogen-bond donors (Lipinski definition) is 0. The van der Waals surface area contributed by atoms with Crippen LogP contribution in [-0.4, -0.2) is 25.1 Å². The van der Waals surface area contributed by atoms with Crippen molar-refractivity contribution < 1.29 is 13.2 Å². The van der Waals surface area contributed by atoms with Gasteiger partial charge >= 0.3 is 0 Å². The molecule has 1 aliphatic rings. The first-order chi connectivity index (χ1) is 8.01. The molecule has 1 aromatic rings. The minimum absolute atomic E-state index is 0.0792. The molecule has 17 heavy (non-hydrogen) atoms. The molecule has 0 amide bonds. The van der Waals surface area contributed by atoms with Gasteiger partial charge in [0.2, 0.25) is 0 Å². The highest BCUT2D eigenvalue weighted by Gasteiger charge is 2.26. The normalized spacial score (nSPS) is 16.9. The van der Waals surface area contributed by atoms with Crippen LogP contribution in [0, 0.1) is 0 Å². The van der Waals surface area contributed by atoms with Crippen molar-refractivity contribution in [1.82, 2.24) is 4.31 Å². The predicted molar refractivity (Wildman–Crippen MR) is 67.0 cm³/mol. The highest BCUT2D eigenvalue weighted by Crippen LogP contribution is 2.23. The highest BCUT2D eigenvalue weighted by atomic mass is 79.9. The van der Waals surface area contributed by atoms with E-state index in [9.17, 15) is 13.2 Å². The number of rotatable bonds is 2. The first-order valence-corrected chi connectivity index (χ1v) is 7.22. The van der Waals surface area contributed by atoms with E-state index < -0.39 is 10.0 Å². The summed E-state index contributed by atoms with van der Waals surface area (Å²) in [6, 6.07) is 8.16. The molecule has 1 aromatic carbocycles. The quantitative estimate of drug-likeness (QED) is 0.837. The Kier molecular flexibility index (Phi) is 3.35. The first kappa shape index (κ1) is 12.3. The molecule has 1 aliphatic heterocycles. The van der Waals surface area contributed by atoms with Crippen molar-refractivity contribution in [3.05, 3.63) is 41.0 Å². The van der Waals surface area contributed by atoms with E-state index in [0.29, 0.717) is 4.48 Å². The first-order valence-electron chi connectivity index (χ1n) is 4.99. The molecule has 0 saturated carbocycles. The van der Waals surface area contributed by atoms with Gasteiger partial charge < -0.3 is 0 Å². The Morgan fingerprint density at radius 2 is 1.82 bits per heavy atom. The molecular formula is C11H10BrNO3S. The summed E-state index contributed by atoms with van der Waals surface area (Å²) >= 11 is 3.06. The Morgan fingerprint density at radius 1 is 1.18 bits per heavy atom. The number of hydrogen-bond acceptors (Lipinski definition) is 3. The van der Waals surface area contributed by atoms with Crippen LogP contribution in [0.25, 0.3) is 0 Å². The molecule has 0 aliphatic carbocycles. The number of ketones is 1. The summed E-state index contributed by atoms with van der Waals surface area (Å²) in [5.74, 6) is -0.0792. The predicted octanol–water partition coefficient (Wildman–Crippen LogP) is 1.89. The van der Waals surface area contributed by atoms with Crippen molar-refractivity contribution in [3.63, 3.8) is 0 Å². The van der Waals surface area contributed by atoms with Gasteiger partial charge in [-0.05, 0) is 28.1 Å². The Balaban J connectivity index is 2.39. The topological polar surface area (TPSA) is 54.5 Å². The van der Waals surface area contributed by atoms with Crippen molar-refractivity contribution in [2.45, 2.75) is 11.3 Å². The second kappa shape index (κ2) is 4.62. The van der Waals surface area contributed by atoms with Crippen molar-refractivity contribution in [1.29, 1.82) is 0 Å². The fourth-order valence-corrected chi connectivity index (χ4v) is 3.44. The van der Waals surface area contributed by atoms with Crippen molar-refractivity contribution >= 4 is 31.7 Å². The Hall–Kier alpha value is -1.14. The molecule has 90 valence electrons. The summed E-state index contributed by atoms with van der Waals surface area (Å²) in [4.78, 5) is 11.5. The van der Waals surface area contributed by atoms with Gasteiger partial charge in [-0.3, -0.25) is 9.10 Å². The summed E-state index contributed by atoms with van der Waals surface area (Å²) in [5, 5.41) is 0. The van der Waals surface area contributed by atoms with Crippen LogP contribution in [0.15, 0.2) is 45.9 Å². The van der Waals surface area contributed by atoms with E-state index in [4.69, 9.17) is 0 Å². The summed E-state index contributed by atoms with van der Waals surface area (Å²) in [6.45, 7) is 0.186. The van der Waals surface area contributed by atoms with E-state index in [1.165, 1.54) is 22.6 Å². The van der Waals surface area contributed by atoms with Gasteiger partial charge in [0.15, 0.2) is 5.78 Å². The third-order valence-electron chi connectivity index (χ3n) is 2.43. The van der Waals surface area contributed by atoms with E-state index in [1.54, 1.807) is 18.2 Å². The fraction of sp³-hybridized carbons (Fsp3) is 0.182. The van der Waals surface area contributed by atoms with Crippen LogP contribution >= 0.6 is 15.9 Å². The van der Waals surface area contributed by atoms with Crippen LogP contribution in [-0.2, 0) is 14.8 Å². The molecule has 0 spiro atoms. The van der Waals surface area contributed by atoms with E-state index in [1.807, 2.05) is 0 Å². The molecular weight excluding hydrogens is 306 g/mol. The second-order valence-electron chi connectivity index (χ2n) is 3.58. The van der Waals surface area contributed by atoms with Crippen LogP contribution < -0.4 is 0 Å². The highest BCUT2D eigenvalue weighted by molar-refractivity contribution is 9.12. The molecule has 0 fully saturated rings. The summed E-state index contributed by atoms with van der Waals surface area (Å²) in [6.07, 6.45) is 1.53. The maximum atomic E-state index is 12.2. The molecule has 0 radical (unpaired) electrons. The number of sulfonamides is 1. The zero-order chi connectivity index (χ0) is 12.5. The van der Waals surface area contributed by atoms with E-state index in [0.717, 1.165) is 0 Å². The number of allylic oxidation sites excluding steroid dienone is 1. The standard InChI is InChI=1S/C11H10BrNO3S/c12-10-8-13(7-6-11(10)14)17(15,16)9-4-2-1-3-5-9/h1-5,8H,6-7H2.